The number of likely N-dealkylation sites (N-methyl/N-ethyl adjacent to an activating group) is 1. The third kappa shape index (κ3) is 11.2. The molecular weight excluding hydrogens is 537 g/mol. The summed E-state index contributed by atoms with van der Waals surface area (Å²) in [6, 6.07) is 7.52. The molecule has 0 aliphatic heterocycles. The van der Waals surface area contributed by atoms with Gasteiger partial charge in [-0.05, 0) is 44.6 Å². The van der Waals surface area contributed by atoms with Gasteiger partial charge in [0.1, 0.15) is 6.04 Å². The van der Waals surface area contributed by atoms with E-state index in [1.807, 2.05) is 30.3 Å². The molecule has 3 atom stereocenters. The average Bonchev–Trinajstić information content (AvgIpc) is 2.94. The number of carbonyl (C=O) groups is 3. The van der Waals surface area contributed by atoms with Crippen LogP contribution in [-0.4, -0.2) is 77.8 Å². The highest BCUT2D eigenvalue weighted by Gasteiger charge is 2.41. The fraction of sp³-hybridized carbons (Fsp3) is 0.679. The molecule has 0 saturated heterocycles. The lowest BCUT2D eigenvalue weighted by atomic mass is 9.84. The summed E-state index contributed by atoms with van der Waals surface area (Å²) in [6.45, 7) is 3.69. The van der Waals surface area contributed by atoms with Crippen LogP contribution in [-0.2, 0) is 29.6 Å². The van der Waals surface area contributed by atoms with Crippen molar-refractivity contribution in [3.05, 3.63) is 35.9 Å². The lowest BCUT2D eigenvalue weighted by Gasteiger charge is -2.32. The molecule has 226 valence electrons. The summed E-state index contributed by atoms with van der Waals surface area (Å²) in [7, 11) is -2.39. The molecular formula is C28H46N3O8P. The Kier molecular flexibility index (Phi) is 14.7. The topological polar surface area (TPSA) is 154 Å². The summed E-state index contributed by atoms with van der Waals surface area (Å²) < 4.78 is 24.0. The van der Waals surface area contributed by atoms with Gasteiger partial charge in [0.15, 0.2) is 5.85 Å². The van der Waals surface area contributed by atoms with E-state index in [4.69, 9.17) is 9.05 Å². The van der Waals surface area contributed by atoms with Crippen molar-refractivity contribution in [3.63, 3.8) is 0 Å². The van der Waals surface area contributed by atoms with Crippen LogP contribution in [0.15, 0.2) is 30.3 Å². The van der Waals surface area contributed by atoms with Crippen molar-refractivity contribution < 1.29 is 38.2 Å². The predicted octanol–water partition coefficient (Wildman–Crippen LogP) is 4.14. The van der Waals surface area contributed by atoms with Gasteiger partial charge in [0, 0.05) is 20.0 Å². The number of amides is 3. The van der Waals surface area contributed by atoms with E-state index in [0.717, 1.165) is 37.7 Å². The molecule has 1 aromatic rings. The van der Waals surface area contributed by atoms with Crippen molar-refractivity contribution >= 4 is 25.5 Å². The highest BCUT2D eigenvalue weighted by Crippen LogP contribution is 2.53. The van der Waals surface area contributed by atoms with Crippen molar-refractivity contribution in [2.45, 2.75) is 89.6 Å². The lowest BCUT2D eigenvalue weighted by Crippen LogP contribution is -2.53. The molecule has 11 nitrogen and oxygen atoms in total. The van der Waals surface area contributed by atoms with Crippen molar-refractivity contribution in [1.29, 1.82) is 0 Å². The molecule has 3 amide bonds. The molecule has 40 heavy (non-hydrogen) atoms. The van der Waals surface area contributed by atoms with E-state index in [0.29, 0.717) is 19.4 Å². The molecule has 0 aromatic heterocycles. The first kappa shape index (κ1) is 33.7. The largest absolute Gasteiger partial charge is 0.465 e. The number of nitrogens with zero attached hydrogens (tertiary/aromatic N) is 1. The molecule has 0 bridgehead atoms. The quantitative estimate of drug-likeness (QED) is 0.200. The van der Waals surface area contributed by atoms with Crippen LogP contribution < -0.4 is 10.6 Å². The first-order valence-electron chi connectivity index (χ1n) is 14.2. The van der Waals surface area contributed by atoms with Crippen molar-refractivity contribution in [3.8, 4) is 0 Å². The summed E-state index contributed by atoms with van der Waals surface area (Å²) in [5, 5.41) is 25.5. The van der Waals surface area contributed by atoms with Crippen LogP contribution in [0.4, 0.5) is 4.79 Å². The summed E-state index contributed by atoms with van der Waals surface area (Å²) in [6.07, 6.45) is 4.54. The Labute approximate surface area is 237 Å². The number of hydrogen-bond acceptors (Lipinski definition) is 7. The molecule has 0 radical (unpaired) electrons. The van der Waals surface area contributed by atoms with Gasteiger partial charge in [-0.3, -0.25) is 14.2 Å². The third-order valence-electron chi connectivity index (χ3n) is 7.21. The monoisotopic (exact) mass is 583 g/mol. The van der Waals surface area contributed by atoms with Gasteiger partial charge in [-0.15, -0.1) is 0 Å². The predicted molar refractivity (Wildman–Crippen MR) is 152 cm³/mol. The zero-order valence-corrected chi connectivity index (χ0v) is 24.8. The van der Waals surface area contributed by atoms with Gasteiger partial charge in [0.2, 0.25) is 11.8 Å². The van der Waals surface area contributed by atoms with Crippen molar-refractivity contribution in [1.82, 2.24) is 15.5 Å². The van der Waals surface area contributed by atoms with Crippen LogP contribution in [0, 0.1) is 5.92 Å². The number of carboxylic acid groups (broad SMARTS) is 1. The first-order chi connectivity index (χ1) is 19.1. The van der Waals surface area contributed by atoms with Crippen LogP contribution >= 0.6 is 7.60 Å². The fourth-order valence-corrected chi connectivity index (χ4v) is 6.79. The number of hydrogen-bond donors (Lipinski definition) is 4. The van der Waals surface area contributed by atoms with Crippen LogP contribution in [0.3, 0.4) is 0 Å². The minimum absolute atomic E-state index is 0.00103. The second-order valence-electron chi connectivity index (χ2n) is 10.2. The number of benzene rings is 1. The number of aliphatic hydroxyl groups excluding tert-OH is 1. The van der Waals surface area contributed by atoms with Gasteiger partial charge in [0.05, 0.1) is 19.3 Å². The Morgan fingerprint density at radius 2 is 1.68 bits per heavy atom. The van der Waals surface area contributed by atoms with Gasteiger partial charge in [-0.2, -0.15) is 0 Å². The smallest absolute Gasteiger partial charge is 0.405 e. The highest BCUT2D eigenvalue weighted by atomic mass is 31.2. The summed E-state index contributed by atoms with van der Waals surface area (Å²) in [4.78, 5) is 39.3. The fourth-order valence-electron chi connectivity index (χ4n) is 5.02. The van der Waals surface area contributed by atoms with Gasteiger partial charge in [0.25, 0.3) is 0 Å². The molecule has 12 heteroatoms. The molecule has 0 heterocycles. The second kappa shape index (κ2) is 17.4. The van der Waals surface area contributed by atoms with Crippen LogP contribution in [0.2, 0.25) is 0 Å². The number of carbonyl (C=O) groups excluding carboxylic acids is 2. The van der Waals surface area contributed by atoms with Gasteiger partial charge >= 0.3 is 13.7 Å². The average molecular weight is 584 g/mol. The van der Waals surface area contributed by atoms with Crippen LogP contribution in [0.1, 0.15) is 70.8 Å². The Morgan fingerprint density at radius 1 is 1.05 bits per heavy atom. The highest BCUT2D eigenvalue weighted by molar-refractivity contribution is 7.54. The molecule has 0 spiro atoms. The molecule has 1 saturated carbocycles. The Hall–Kier alpha value is -2.46. The first-order valence-corrected chi connectivity index (χ1v) is 15.8. The van der Waals surface area contributed by atoms with E-state index in [1.165, 1.54) is 0 Å². The number of nitrogens with one attached hydrogen (secondary N) is 2. The standard InChI is InChI=1S/C28H46N3O8P/c1-4-38-40(37,39-5-2)27(34)23(16-17-25(32)31(3)19-18-21-12-8-6-9-13-21)29-26(33)24(30-28(35)36)20-22-14-10-7-11-15-22/h6,8-9,12-13,22-24,27,30,34H,4-5,7,10-11,14-20H2,1-3H3,(H,29,33)(H,35,36)/t23-,24-,27?/m0/s1. The number of aliphatic hydroxyl groups is 1. The minimum atomic E-state index is -4.07. The van der Waals surface area contributed by atoms with Gasteiger partial charge in [-0.1, -0.05) is 62.4 Å². The molecule has 1 aliphatic carbocycles. The zero-order chi connectivity index (χ0) is 29.5. The summed E-state index contributed by atoms with van der Waals surface area (Å²) in [5.41, 5.74) is 1.09. The van der Waals surface area contributed by atoms with E-state index < -0.39 is 37.5 Å². The minimum Gasteiger partial charge on any atom is -0.465 e. The van der Waals surface area contributed by atoms with Gasteiger partial charge < -0.3 is 34.8 Å². The SMILES string of the molecule is CCOP(=O)(OCC)C(O)[C@H](CCC(=O)N(C)CCc1ccccc1)NC(=O)[C@H](CC1CCCCC1)NC(=O)O. The summed E-state index contributed by atoms with van der Waals surface area (Å²) >= 11 is 0. The number of rotatable bonds is 17. The molecule has 1 aromatic carbocycles. The van der Waals surface area contributed by atoms with Gasteiger partial charge in [-0.25, -0.2) is 4.79 Å². The van der Waals surface area contributed by atoms with Crippen LogP contribution in [0.25, 0.3) is 0 Å². The molecule has 2 rings (SSSR count). The molecule has 1 unspecified atom stereocenters. The van der Waals surface area contributed by atoms with Crippen LogP contribution in [0.5, 0.6) is 0 Å². The molecule has 4 N–H and O–H groups in total. The molecule has 1 aliphatic rings. The van der Waals surface area contributed by atoms with E-state index in [1.54, 1.807) is 25.8 Å². The maximum absolute atomic E-state index is 13.4. The van der Waals surface area contributed by atoms with Crippen molar-refractivity contribution in [2.75, 3.05) is 26.8 Å². The molecule has 1 fully saturated rings. The summed E-state index contributed by atoms with van der Waals surface area (Å²) in [5.74, 6) is -2.43. The third-order valence-corrected chi connectivity index (χ3v) is 9.46. The maximum Gasteiger partial charge on any atom is 0.405 e. The normalized spacial score (nSPS) is 16.5. The van der Waals surface area contributed by atoms with E-state index in [-0.39, 0.29) is 37.9 Å². The zero-order valence-electron chi connectivity index (χ0n) is 23.9. The Morgan fingerprint density at radius 3 is 2.25 bits per heavy atom. The van der Waals surface area contributed by atoms with Crippen molar-refractivity contribution in [2.24, 2.45) is 5.92 Å². The van der Waals surface area contributed by atoms with E-state index >= 15 is 0 Å². The second-order valence-corrected chi connectivity index (χ2v) is 12.4. The van der Waals surface area contributed by atoms with E-state index in [2.05, 4.69) is 10.6 Å². The maximum atomic E-state index is 13.4. The lowest BCUT2D eigenvalue weighted by molar-refractivity contribution is -0.131. The Balaban J connectivity index is 2.15. The Bertz CT molecular complexity index is 964. The van der Waals surface area contributed by atoms with E-state index in [9.17, 15) is 29.2 Å².